The average molecular weight is 358 g/mol. The lowest BCUT2D eigenvalue weighted by molar-refractivity contribution is 0.415. The molecular weight excluding hydrogens is 340 g/mol. The number of ether oxygens (including phenoxy) is 2. The first-order valence-electron chi connectivity index (χ1n) is 8.46. The van der Waals surface area contributed by atoms with Gasteiger partial charge in [0.1, 0.15) is 22.8 Å². The van der Waals surface area contributed by atoms with Crippen molar-refractivity contribution in [1.82, 2.24) is 9.38 Å². The van der Waals surface area contributed by atoms with Gasteiger partial charge >= 0.3 is 0 Å². The molecule has 4 aromatic rings. The van der Waals surface area contributed by atoms with Gasteiger partial charge in [-0.15, -0.1) is 10.2 Å². The van der Waals surface area contributed by atoms with Crippen molar-refractivity contribution < 1.29 is 9.47 Å². The number of benzene rings is 2. The summed E-state index contributed by atoms with van der Waals surface area (Å²) >= 11 is 0. The molecule has 0 radical (unpaired) electrons. The minimum absolute atomic E-state index is 0.637. The van der Waals surface area contributed by atoms with Gasteiger partial charge in [-0.1, -0.05) is 24.3 Å². The Kier molecular flexibility index (Phi) is 4.53. The van der Waals surface area contributed by atoms with Crippen molar-refractivity contribution in [3.63, 3.8) is 0 Å². The predicted molar refractivity (Wildman–Crippen MR) is 104 cm³/mol. The van der Waals surface area contributed by atoms with E-state index in [0.29, 0.717) is 17.2 Å². The van der Waals surface area contributed by atoms with Crippen molar-refractivity contribution >= 4 is 17.2 Å². The number of azo groups is 1. The lowest BCUT2D eigenvalue weighted by Crippen LogP contribution is -1.88. The summed E-state index contributed by atoms with van der Waals surface area (Å²) in [6, 6.07) is 21.0. The first-order valence-corrected chi connectivity index (χ1v) is 8.46. The van der Waals surface area contributed by atoms with Crippen LogP contribution >= 0.6 is 0 Å². The standard InChI is InChI=1S/C21H18N4O2/c1-26-16-9-7-8-15(14-16)23-24-21-20(17-10-3-4-11-18(17)27-2)22-19-12-5-6-13-25(19)21/h3-14H,1-2H3. The zero-order valence-corrected chi connectivity index (χ0v) is 15.0. The highest BCUT2D eigenvalue weighted by Crippen LogP contribution is 2.37. The third-order valence-corrected chi connectivity index (χ3v) is 4.18. The Balaban J connectivity index is 1.87. The van der Waals surface area contributed by atoms with Gasteiger partial charge in [-0.05, 0) is 36.4 Å². The molecule has 2 aromatic carbocycles. The molecular formula is C21H18N4O2. The van der Waals surface area contributed by atoms with E-state index in [-0.39, 0.29) is 0 Å². The number of hydrogen-bond donors (Lipinski definition) is 0. The second-order valence-corrected chi connectivity index (χ2v) is 5.81. The largest absolute Gasteiger partial charge is 0.497 e. The molecule has 0 bridgehead atoms. The number of imidazole rings is 1. The Morgan fingerprint density at radius 3 is 2.56 bits per heavy atom. The molecule has 0 fully saturated rings. The number of rotatable bonds is 5. The van der Waals surface area contributed by atoms with E-state index in [0.717, 1.165) is 22.7 Å². The van der Waals surface area contributed by atoms with Gasteiger partial charge in [-0.3, -0.25) is 4.40 Å². The van der Waals surface area contributed by atoms with Gasteiger partial charge in [0, 0.05) is 17.8 Å². The zero-order valence-electron chi connectivity index (χ0n) is 15.0. The van der Waals surface area contributed by atoms with Crippen LogP contribution < -0.4 is 9.47 Å². The van der Waals surface area contributed by atoms with Gasteiger partial charge in [-0.25, -0.2) is 4.98 Å². The van der Waals surface area contributed by atoms with Crippen molar-refractivity contribution in [2.75, 3.05) is 14.2 Å². The molecule has 0 aliphatic carbocycles. The molecule has 0 saturated heterocycles. The predicted octanol–water partition coefficient (Wildman–Crippen LogP) is 5.43. The van der Waals surface area contributed by atoms with Crippen LogP contribution in [0.25, 0.3) is 16.9 Å². The summed E-state index contributed by atoms with van der Waals surface area (Å²) in [6.45, 7) is 0. The minimum atomic E-state index is 0.637. The molecule has 4 rings (SSSR count). The summed E-state index contributed by atoms with van der Waals surface area (Å²) in [7, 11) is 3.27. The second kappa shape index (κ2) is 7.29. The van der Waals surface area contributed by atoms with Crippen molar-refractivity contribution in [2.24, 2.45) is 10.2 Å². The SMILES string of the molecule is COc1cccc(N=Nc2c(-c3ccccc3OC)nc3ccccn23)c1. The van der Waals surface area contributed by atoms with E-state index in [4.69, 9.17) is 14.5 Å². The zero-order chi connectivity index (χ0) is 18.6. The van der Waals surface area contributed by atoms with Crippen LogP contribution in [0.15, 0.2) is 83.2 Å². The number of methoxy groups -OCH3 is 2. The number of pyridine rings is 1. The molecule has 6 heteroatoms. The van der Waals surface area contributed by atoms with Crippen LogP contribution in [0.3, 0.4) is 0 Å². The van der Waals surface area contributed by atoms with Gasteiger partial charge < -0.3 is 9.47 Å². The Bertz CT molecular complexity index is 1120. The molecule has 134 valence electrons. The van der Waals surface area contributed by atoms with Crippen LogP contribution in [0.4, 0.5) is 11.5 Å². The summed E-state index contributed by atoms with van der Waals surface area (Å²) in [4.78, 5) is 4.74. The smallest absolute Gasteiger partial charge is 0.187 e. The quantitative estimate of drug-likeness (QED) is 0.447. The van der Waals surface area contributed by atoms with Crippen LogP contribution in [-0.2, 0) is 0 Å². The van der Waals surface area contributed by atoms with E-state index in [2.05, 4.69) is 10.2 Å². The molecule has 2 aromatic heterocycles. The van der Waals surface area contributed by atoms with Gasteiger partial charge in [-0.2, -0.15) is 0 Å². The molecule has 2 heterocycles. The van der Waals surface area contributed by atoms with Crippen LogP contribution in [0, 0.1) is 0 Å². The molecule has 0 amide bonds. The third kappa shape index (κ3) is 3.25. The van der Waals surface area contributed by atoms with Crippen molar-refractivity contribution in [3.8, 4) is 22.8 Å². The molecule has 0 saturated carbocycles. The van der Waals surface area contributed by atoms with Gasteiger partial charge in [0.25, 0.3) is 0 Å². The topological polar surface area (TPSA) is 60.5 Å². The van der Waals surface area contributed by atoms with E-state index in [9.17, 15) is 0 Å². The molecule has 0 N–H and O–H groups in total. The van der Waals surface area contributed by atoms with Gasteiger partial charge in [0.2, 0.25) is 0 Å². The third-order valence-electron chi connectivity index (χ3n) is 4.18. The average Bonchev–Trinajstić information content (AvgIpc) is 3.10. The Hall–Kier alpha value is -3.67. The fraction of sp³-hybridized carbons (Fsp3) is 0.0952. The number of fused-ring (bicyclic) bond motifs is 1. The van der Waals surface area contributed by atoms with E-state index < -0.39 is 0 Å². The first-order chi connectivity index (χ1) is 13.3. The normalized spacial score (nSPS) is 11.2. The highest BCUT2D eigenvalue weighted by Gasteiger charge is 2.17. The van der Waals surface area contributed by atoms with E-state index in [1.807, 2.05) is 77.3 Å². The van der Waals surface area contributed by atoms with E-state index >= 15 is 0 Å². The maximum absolute atomic E-state index is 5.51. The fourth-order valence-corrected chi connectivity index (χ4v) is 2.88. The maximum atomic E-state index is 5.51. The summed E-state index contributed by atoms with van der Waals surface area (Å²) < 4.78 is 12.7. The Labute approximate surface area is 156 Å². The maximum Gasteiger partial charge on any atom is 0.187 e. The van der Waals surface area contributed by atoms with Gasteiger partial charge in [0.15, 0.2) is 5.82 Å². The number of aromatic nitrogens is 2. The molecule has 0 aliphatic rings. The van der Waals surface area contributed by atoms with Crippen LogP contribution in [0.2, 0.25) is 0 Å². The number of hydrogen-bond acceptors (Lipinski definition) is 5. The molecule has 0 atom stereocenters. The highest BCUT2D eigenvalue weighted by molar-refractivity contribution is 5.78. The number of para-hydroxylation sites is 1. The van der Waals surface area contributed by atoms with Gasteiger partial charge in [0.05, 0.1) is 19.9 Å². The van der Waals surface area contributed by atoms with E-state index in [1.165, 1.54) is 0 Å². The van der Waals surface area contributed by atoms with Crippen LogP contribution in [0.1, 0.15) is 0 Å². The highest BCUT2D eigenvalue weighted by atomic mass is 16.5. The molecule has 0 aliphatic heterocycles. The minimum Gasteiger partial charge on any atom is -0.497 e. The van der Waals surface area contributed by atoms with E-state index in [1.54, 1.807) is 14.2 Å². The molecule has 0 spiro atoms. The van der Waals surface area contributed by atoms with Crippen molar-refractivity contribution in [3.05, 3.63) is 72.9 Å². The van der Waals surface area contributed by atoms with Crippen LogP contribution in [-0.4, -0.2) is 23.6 Å². The Morgan fingerprint density at radius 1 is 0.852 bits per heavy atom. The molecule has 27 heavy (non-hydrogen) atoms. The molecule has 0 unspecified atom stereocenters. The monoisotopic (exact) mass is 358 g/mol. The fourth-order valence-electron chi connectivity index (χ4n) is 2.88. The summed E-state index contributed by atoms with van der Waals surface area (Å²) in [5.74, 6) is 2.10. The van der Waals surface area contributed by atoms with Crippen molar-refractivity contribution in [1.29, 1.82) is 0 Å². The van der Waals surface area contributed by atoms with Crippen molar-refractivity contribution in [2.45, 2.75) is 0 Å². The summed E-state index contributed by atoms with van der Waals surface area (Å²) in [5.41, 5.74) is 3.07. The Morgan fingerprint density at radius 2 is 1.70 bits per heavy atom. The first kappa shape index (κ1) is 16.8. The lowest BCUT2D eigenvalue weighted by Gasteiger charge is -2.06. The second-order valence-electron chi connectivity index (χ2n) is 5.81. The molecule has 6 nitrogen and oxygen atoms in total. The summed E-state index contributed by atoms with van der Waals surface area (Å²) in [6.07, 6.45) is 1.92. The lowest BCUT2D eigenvalue weighted by atomic mass is 10.1. The van der Waals surface area contributed by atoms with Crippen LogP contribution in [0.5, 0.6) is 11.5 Å². The summed E-state index contributed by atoms with van der Waals surface area (Å²) in [5, 5.41) is 8.90. The number of nitrogens with zero attached hydrogens (tertiary/aromatic N) is 4.